The third-order valence-electron chi connectivity index (χ3n) is 2.71. The zero-order chi connectivity index (χ0) is 14.5. The molecule has 0 unspecified atom stereocenters. The molecular weight excluding hydrogens is 281 g/mol. The van der Waals surface area contributed by atoms with Gasteiger partial charge in [0.05, 0.1) is 19.2 Å². The van der Waals surface area contributed by atoms with E-state index in [9.17, 15) is 9.18 Å². The summed E-state index contributed by atoms with van der Waals surface area (Å²) in [4.78, 5) is 11.9. The number of halogens is 2. The van der Waals surface area contributed by atoms with Crippen LogP contribution in [0.15, 0.2) is 42.5 Å². The molecule has 0 saturated heterocycles. The second-order valence-corrected chi connectivity index (χ2v) is 4.63. The summed E-state index contributed by atoms with van der Waals surface area (Å²) in [6, 6.07) is 10.8. The molecule has 2 aromatic rings. The van der Waals surface area contributed by atoms with Crippen molar-refractivity contribution in [2.24, 2.45) is 0 Å². The van der Waals surface area contributed by atoms with Gasteiger partial charge in [-0.3, -0.25) is 4.79 Å². The van der Waals surface area contributed by atoms with Gasteiger partial charge in [-0.2, -0.15) is 0 Å². The molecule has 1 amide bonds. The zero-order valence-electron chi connectivity index (χ0n) is 10.8. The van der Waals surface area contributed by atoms with E-state index in [4.69, 9.17) is 16.3 Å². The average Bonchev–Trinajstić information content (AvgIpc) is 2.41. The molecule has 0 saturated carbocycles. The van der Waals surface area contributed by atoms with E-state index in [1.54, 1.807) is 30.3 Å². The van der Waals surface area contributed by atoms with Gasteiger partial charge in [0.25, 0.3) is 0 Å². The van der Waals surface area contributed by atoms with Gasteiger partial charge in [0.1, 0.15) is 11.6 Å². The fourth-order valence-corrected chi connectivity index (χ4v) is 1.93. The van der Waals surface area contributed by atoms with Gasteiger partial charge < -0.3 is 10.1 Å². The van der Waals surface area contributed by atoms with Gasteiger partial charge in [-0.05, 0) is 35.9 Å². The highest BCUT2D eigenvalue weighted by Crippen LogP contribution is 2.27. The molecule has 0 atom stereocenters. The molecule has 0 spiro atoms. The number of hydrogen-bond donors (Lipinski definition) is 1. The lowest BCUT2D eigenvalue weighted by molar-refractivity contribution is -0.115. The van der Waals surface area contributed by atoms with Crippen molar-refractivity contribution in [2.45, 2.75) is 6.42 Å². The Balaban J connectivity index is 2.08. The summed E-state index contributed by atoms with van der Waals surface area (Å²) >= 11 is 5.89. The lowest BCUT2D eigenvalue weighted by atomic mass is 10.1. The Kier molecular flexibility index (Phi) is 4.58. The smallest absolute Gasteiger partial charge is 0.228 e. The number of nitrogens with one attached hydrogen (secondary N) is 1. The third kappa shape index (κ3) is 3.71. The van der Waals surface area contributed by atoms with Crippen molar-refractivity contribution >= 4 is 23.2 Å². The van der Waals surface area contributed by atoms with Crippen molar-refractivity contribution in [3.8, 4) is 5.75 Å². The van der Waals surface area contributed by atoms with E-state index in [1.165, 1.54) is 19.2 Å². The van der Waals surface area contributed by atoms with E-state index in [0.29, 0.717) is 16.5 Å². The van der Waals surface area contributed by atoms with Crippen molar-refractivity contribution in [2.75, 3.05) is 12.4 Å². The third-order valence-corrected chi connectivity index (χ3v) is 2.95. The van der Waals surface area contributed by atoms with E-state index < -0.39 is 0 Å². The van der Waals surface area contributed by atoms with Crippen LogP contribution in [0.1, 0.15) is 5.56 Å². The molecule has 2 aromatic carbocycles. The maximum Gasteiger partial charge on any atom is 0.228 e. The molecule has 5 heteroatoms. The van der Waals surface area contributed by atoms with Crippen LogP contribution in [0.25, 0.3) is 0 Å². The molecule has 0 bridgehead atoms. The minimum absolute atomic E-state index is 0.149. The van der Waals surface area contributed by atoms with Crippen LogP contribution in [-0.2, 0) is 11.2 Å². The molecule has 3 nitrogen and oxygen atoms in total. The van der Waals surface area contributed by atoms with Crippen LogP contribution in [0.5, 0.6) is 5.75 Å². The molecule has 0 radical (unpaired) electrons. The summed E-state index contributed by atoms with van der Waals surface area (Å²) in [5.41, 5.74) is 1.23. The van der Waals surface area contributed by atoms with Gasteiger partial charge in [-0.25, -0.2) is 4.39 Å². The second-order valence-electron chi connectivity index (χ2n) is 4.20. The Bertz CT molecular complexity index is 614. The number of anilines is 1. The Labute approximate surface area is 121 Å². The average molecular weight is 294 g/mol. The molecule has 0 aliphatic rings. The summed E-state index contributed by atoms with van der Waals surface area (Å²) < 4.78 is 17.9. The van der Waals surface area contributed by atoms with Crippen molar-refractivity contribution < 1.29 is 13.9 Å². The van der Waals surface area contributed by atoms with Crippen LogP contribution in [-0.4, -0.2) is 13.0 Å². The number of methoxy groups -OCH3 is 1. The Morgan fingerprint density at radius 3 is 2.60 bits per heavy atom. The van der Waals surface area contributed by atoms with Gasteiger partial charge in [0.2, 0.25) is 5.91 Å². The summed E-state index contributed by atoms with van der Waals surface area (Å²) in [7, 11) is 1.51. The van der Waals surface area contributed by atoms with Crippen molar-refractivity contribution in [1.82, 2.24) is 0 Å². The number of rotatable bonds is 4. The Morgan fingerprint density at radius 2 is 1.95 bits per heavy atom. The molecule has 1 N–H and O–H groups in total. The largest absolute Gasteiger partial charge is 0.495 e. The van der Waals surface area contributed by atoms with Crippen LogP contribution in [0.4, 0.5) is 10.1 Å². The number of carbonyl (C=O) groups excluding carboxylic acids is 1. The Morgan fingerprint density at radius 1 is 1.25 bits per heavy atom. The van der Waals surface area contributed by atoms with Crippen molar-refractivity contribution in [3.05, 3.63) is 58.9 Å². The fraction of sp³-hybridized carbons (Fsp3) is 0.133. The lowest BCUT2D eigenvalue weighted by Crippen LogP contribution is -2.15. The van der Waals surface area contributed by atoms with E-state index in [2.05, 4.69) is 5.32 Å². The predicted octanol–water partition coefficient (Wildman–Crippen LogP) is 3.67. The predicted molar refractivity (Wildman–Crippen MR) is 76.7 cm³/mol. The van der Waals surface area contributed by atoms with E-state index in [1.807, 2.05) is 0 Å². The first-order chi connectivity index (χ1) is 9.58. The number of ether oxygens (including phenoxy) is 1. The number of hydrogen-bond acceptors (Lipinski definition) is 2. The van der Waals surface area contributed by atoms with Crippen LogP contribution >= 0.6 is 11.6 Å². The van der Waals surface area contributed by atoms with Crippen molar-refractivity contribution in [1.29, 1.82) is 0 Å². The van der Waals surface area contributed by atoms with E-state index >= 15 is 0 Å². The van der Waals surface area contributed by atoms with E-state index in [0.717, 1.165) is 5.56 Å². The van der Waals surface area contributed by atoms with Crippen molar-refractivity contribution in [3.63, 3.8) is 0 Å². The molecule has 104 valence electrons. The monoisotopic (exact) mass is 293 g/mol. The van der Waals surface area contributed by atoms with Gasteiger partial charge in [0.15, 0.2) is 0 Å². The molecule has 20 heavy (non-hydrogen) atoms. The van der Waals surface area contributed by atoms with Gasteiger partial charge in [-0.15, -0.1) is 0 Å². The molecule has 0 heterocycles. The standard InChI is InChI=1S/C15H13ClFNO2/c1-20-14-7-4-11(16)9-13(14)18-15(19)8-10-2-5-12(17)6-3-10/h2-7,9H,8H2,1H3,(H,18,19). The first-order valence-corrected chi connectivity index (χ1v) is 6.34. The van der Waals surface area contributed by atoms with Crippen LogP contribution in [0.3, 0.4) is 0 Å². The Hall–Kier alpha value is -2.07. The molecule has 0 aromatic heterocycles. The molecule has 0 aliphatic heterocycles. The zero-order valence-corrected chi connectivity index (χ0v) is 11.6. The number of benzene rings is 2. The normalized spacial score (nSPS) is 10.2. The van der Waals surface area contributed by atoms with Gasteiger partial charge >= 0.3 is 0 Å². The van der Waals surface area contributed by atoms with Gasteiger partial charge in [0, 0.05) is 5.02 Å². The quantitative estimate of drug-likeness (QED) is 0.934. The lowest BCUT2D eigenvalue weighted by Gasteiger charge is -2.10. The first-order valence-electron chi connectivity index (χ1n) is 5.96. The summed E-state index contributed by atoms with van der Waals surface area (Å²) in [6.07, 6.45) is 0.149. The van der Waals surface area contributed by atoms with Crippen LogP contribution in [0.2, 0.25) is 5.02 Å². The highest BCUT2D eigenvalue weighted by Gasteiger charge is 2.09. The fourth-order valence-electron chi connectivity index (χ4n) is 1.76. The maximum absolute atomic E-state index is 12.8. The first kappa shape index (κ1) is 14.3. The van der Waals surface area contributed by atoms with Gasteiger partial charge in [-0.1, -0.05) is 23.7 Å². The minimum atomic E-state index is -0.328. The SMILES string of the molecule is COc1ccc(Cl)cc1NC(=O)Cc1ccc(F)cc1. The summed E-state index contributed by atoms with van der Waals surface area (Å²) in [5, 5.41) is 3.23. The van der Waals surface area contributed by atoms with Crippen LogP contribution in [0, 0.1) is 5.82 Å². The maximum atomic E-state index is 12.8. The second kappa shape index (κ2) is 6.39. The van der Waals surface area contributed by atoms with Crippen LogP contribution < -0.4 is 10.1 Å². The number of carbonyl (C=O) groups is 1. The minimum Gasteiger partial charge on any atom is -0.495 e. The highest BCUT2D eigenvalue weighted by molar-refractivity contribution is 6.31. The summed E-state index contributed by atoms with van der Waals surface area (Å²) in [6.45, 7) is 0. The number of amides is 1. The molecule has 2 rings (SSSR count). The highest BCUT2D eigenvalue weighted by atomic mass is 35.5. The summed E-state index contributed by atoms with van der Waals surface area (Å²) in [5.74, 6) is -0.0234. The van der Waals surface area contributed by atoms with E-state index in [-0.39, 0.29) is 18.1 Å². The topological polar surface area (TPSA) is 38.3 Å². The molecular formula is C15H13ClFNO2. The molecule has 0 fully saturated rings. The molecule has 0 aliphatic carbocycles.